The van der Waals surface area contributed by atoms with Crippen molar-refractivity contribution >= 4 is 45.0 Å². The molecule has 0 aromatic heterocycles. The largest absolute Gasteiger partial charge is 0.454 e. The number of ether oxygens (including phenoxy) is 1. The smallest absolute Gasteiger partial charge is 0.452 e. The van der Waals surface area contributed by atoms with Crippen LogP contribution in [0.1, 0.15) is 10.4 Å². The third-order valence-corrected chi connectivity index (χ3v) is 3.93. The number of carbonyl (C=O) groups is 3. The number of allylic oxidation sites excluding steroid dienone is 1. The normalized spacial score (nSPS) is 11.2. The Morgan fingerprint density at radius 2 is 1.77 bits per heavy atom. The molecular formula is C19H13BrF4N2O4. The molecule has 1 amide bonds. The number of rotatable bonds is 7. The summed E-state index contributed by atoms with van der Waals surface area (Å²) in [5.74, 6) is -4.53. The molecule has 0 heterocycles. The fraction of sp³-hybridized carbons (Fsp3) is 0.105. The highest BCUT2D eigenvalue weighted by Gasteiger charge is 2.36. The third-order valence-electron chi connectivity index (χ3n) is 3.44. The van der Waals surface area contributed by atoms with Crippen molar-refractivity contribution in [1.82, 2.24) is 0 Å². The number of amides is 1. The van der Waals surface area contributed by atoms with E-state index in [9.17, 15) is 31.9 Å². The molecule has 0 saturated carbocycles. The average Bonchev–Trinajstić information content (AvgIpc) is 2.68. The first-order valence-corrected chi connectivity index (χ1v) is 8.92. The molecule has 158 valence electrons. The van der Waals surface area contributed by atoms with Crippen LogP contribution in [0.15, 0.2) is 59.2 Å². The summed E-state index contributed by atoms with van der Waals surface area (Å²) in [5, 5.41) is 4.62. The van der Waals surface area contributed by atoms with Crippen LogP contribution < -0.4 is 10.6 Å². The van der Waals surface area contributed by atoms with Crippen LogP contribution in [0.5, 0.6) is 0 Å². The van der Waals surface area contributed by atoms with Gasteiger partial charge in [0.05, 0.1) is 16.9 Å². The highest BCUT2D eigenvalue weighted by atomic mass is 79.9. The van der Waals surface area contributed by atoms with E-state index in [2.05, 4.69) is 26.6 Å². The number of halogens is 5. The standard InChI is InChI=1S/C19H13BrF4N2O4/c20-11-5-6-15(13(21)9-11)26-17(28)10-30-18(29)12-3-1-2-4-14(12)25-8-7-16(27)19(22,23)24/h1-9,25H,10H2,(H,26,28)/b8-7+. The van der Waals surface area contributed by atoms with E-state index in [0.717, 1.165) is 12.3 Å². The monoisotopic (exact) mass is 488 g/mol. The summed E-state index contributed by atoms with van der Waals surface area (Å²) in [4.78, 5) is 34.9. The molecule has 0 aliphatic carbocycles. The molecule has 2 aromatic carbocycles. The number of benzene rings is 2. The number of nitrogens with one attached hydrogen (secondary N) is 2. The molecule has 0 radical (unpaired) electrons. The zero-order valence-corrected chi connectivity index (χ0v) is 16.5. The highest BCUT2D eigenvalue weighted by Crippen LogP contribution is 2.20. The van der Waals surface area contributed by atoms with Crippen molar-refractivity contribution < 1.29 is 36.7 Å². The van der Waals surface area contributed by atoms with Crippen LogP contribution >= 0.6 is 15.9 Å². The number of alkyl halides is 3. The SMILES string of the molecule is O=C(COC(=O)c1ccccc1N/C=C/C(=O)C(F)(F)F)Nc1ccc(Br)cc1F. The quantitative estimate of drug-likeness (QED) is 0.342. The number of anilines is 2. The number of para-hydroxylation sites is 1. The molecular weight excluding hydrogens is 476 g/mol. The minimum atomic E-state index is -5.02. The second-order valence-corrected chi connectivity index (χ2v) is 6.55. The van der Waals surface area contributed by atoms with Crippen molar-refractivity contribution in [2.45, 2.75) is 6.18 Å². The van der Waals surface area contributed by atoms with Crippen molar-refractivity contribution in [2.24, 2.45) is 0 Å². The van der Waals surface area contributed by atoms with Crippen LogP contribution in [0.4, 0.5) is 28.9 Å². The molecule has 0 saturated heterocycles. The fourth-order valence-electron chi connectivity index (χ4n) is 2.07. The van der Waals surface area contributed by atoms with E-state index in [1.165, 1.54) is 36.4 Å². The van der Waals surface area contributed by atoms with Gasteiger partial charge in [-0.05, 0) is 30.3 Å². The second kappa shape index (κ2) is 10.0. The van der Waals surface area contributed by atoms with Crippen LogP contribution in [0, 0.1) is 5.82 Å². The Kier molecular flexibility index (Phi) is 7.70. The maximum atomic E-state index is 13.7. The summed E-state index contributed by atoms with van der Waals surface area (Å²) in [7, 11) is 0. The maximum absolute atomic E-state index is 13.7. The third kappa shape index (κ3) is 6.69. The van der Waals surface area contributed by atoms with Gasteiger partial charge < -0.3 is 15.4 Å². The molecule has 0 aliphatic rings. The summed E-state index contributed by atoms with van der Waals surface area (Å²) in [5.41, 5.74) is -0.155. The zero-order chi connectivity index (χ0) is 22.3. The number of ketones is 1. The van der Waals surface area contributed by atoms with E-state index in [1.54, 1.807) is 0 Å². The molecule has 0 aliphatic heterocycles. The lowest BCUT2D eigenvalue weighted by atomic mass is 10.2. The summed E-state index contributed by atoms with van der Waals surface area (Å²) < 4.78 is 55.6. The molecule has 0 atom stereocenters. The maximum Gasteiger partial charge on any atom is 0.454 e. The fourth-order valence-corrected chi connectivity index (χ4v) is 2.41. The zero-order valence-electron chi connectivity index (χ0n) is 14.9. The molecule has 0 unspecified atom stereocenters. The van der Waals surface area contributed by atoms with Crippen LogP contribution in [-0.4, -0.2) is 30.4 Å². The lowest BCUT2D eigenvalue weighted by molar-refractivity contribution is -0.165. The topological polar surface area (TPSA) is 84.5 Å². The number of hydrogen-bond acceptors (Lipinski definition) is 5. The van der Waals surface area contributed by atoms with Crippen LogP contribution in [-0.2, 0) is 14.3 Å². The molecule has 0 fully saturated rings. The average molecular weight is 489 g/mol. The van der Waals surface area contributed by atoms with Crippen molar-refractivity contribution in [3.8, 4) is 0 Å². The van der Waals surface area contributed by atoms with E-state index in [-0.39, 0.29) is 23.0 Å². The van der Waals surface area contributed by atoms with Gasteiger partial charge in [0, 0.05) is 16.7 Å². The van der Waals surface area contributed by atoms with Gasteiger partial charge in [0.2, 0.25) is 0 Å². The number of carbonyl (C=O) groups excluding carboxylic acids is 3. The van der Waals surface area contributed by atoms with Crippen LogP contribution in [0.25, 0.3) is 0 Å². The molecule has 2 rings (SSSR count). The summed E-state index contributed by atoms with van der Waals surface area (Å²) in [6.45, 7) is -0.731. The van der Waals surface area contributed by atoms with Crippen molar-refractivity contribution in [3.05, 3.63) is 70.6 Å². The van der Waals surface area contributed by atoms with E-state index >= 15 is 0 Å². The van der Waals surface area contributed by atoms with Crippen molar-refractivity contribution in [1.29, 1.82) is 0 Å². The molecule has 30 heavy (non-hydrogen) atoms. The summed E-state index contributed by atoms with van der Waals surface area (Å²) in [6, 6.07) is 9.56. The molecule has 0 spiro atoms. The van der Waals surface area contributed by atoms with Gasteiger partial charge in [-0.3, -0.25) is 9.59 Å². The molecule has 2 aromatic rings. The van der Waals surface area contributed by atoms with Crippen LogP contribution in [0.2, 0.25) is 0 Å². The van der Waals surface area contributed by atoms with E-state index in [0.29, 0.717) is 4.47 Å². The van der Waals surface area contributed by atoms with Gasteiger partial charge in [0.1, 0.15) is 5.82 Å². The Balaban J connectivity index is 1.98. The number of esters is 1. The first-order valence-electron chi connectivity index (χ1n) is 8.13. The first kappa shape index (κ1) is 23.1. The van der Waals surface area contributed by atoms with Gasteiger partial charge in [0.25, 0.3) is 11.7 Å². The van der Waals surface area contributed by atoms with E-state index < -0.39 is 36.3 Å². The van der Waals surface area contributed by atoms with Crippen LogP contribution in [0.3, 0.4) is 0 Å². The highest BCUT2D eigenvalue weighted by molar-refractivity contribution is 9.10. The predicted octanol–water partition coefficient (Wildman–Crippen LogP) is 4.44. The predicted molar refractivity (Wildman–Crippen MR) is 103 cm³/mol. The van der Waals surface area contributed by atoms with E-state index in [1.807, 2.05) is 0 Å². The van der Waals surface area contributed by atoms with Crippen molar-refractivity contribution in [3.63, 3.8) is 0 Å². The van der Waals surface area contributed by atoms with Gasteiger partial charge in [-0.15, -0.1) is 0 Å². The summed E-state index contributed by atoms with van der Waals surface area (Å²) >= 11 is 3.07. The van der Waals surface area contributed by atoms with Gasteiger partial charge in [0.15, 0.2) is 6.61 Å². The first-order chi connectivity index (χ1) is 14.1. The molecule has 0 bridgehead atoms. The van der Waals surface area contributed by atoms with E-state index in [4.69, 9.17) is 4.74 Å². The van der Waals surface area contributed by atoms with Gasteiger partial charge in [-0.2, -0.15) is 13.2 Å². The second-order valence-electron chi connectivity index (χ2n) is 5.63. The molecule has 2 N–H and O–H groups in total. The Bertz CT molecular complexity index is 993. The van der Waals surface area contributed by atoms with Gasteiger partial charge >= 0.3 is 12.1 Å². The lowest BCUT2D eigenvalue weighted by Crippen LogP contribution is -2.22. The molecule has 11 heteroatoms. The van der Waals surface area contributed by atoms with Gasteiger partial charge in [-0.25, -0.2) is 9.18 Å². The minimum Gasteiger partial charge on any atom is -0.452 e. The Hall–Kier alpha value is -3.21. The Labute approximate surface area is 176 Å². The summed E-state index contributed by atoms with van der Waals surface area (Å²) in [6.07, 6.45) is -4.02. The van der Waals surface area contributed by atoms with Crippen molar-refractivity contribution in [2.75, 3.05) is 17.2 Å². The Morgan fingerprint density at radius 1 is 1.07 bits per heavy atom. The Morgan fingerprint density at radius 3 is 2.43 bits per heavy atom. The lowest BCUT2D eigenvalue weighted by Gasteiger charge is -2.10. The molecule has 6 nitrogen and oxygen atoms in total. The minimum absolute atomic E-state index is 0.0492. The number of hydrogen-bond donors (Lipinski definition) is 2. The van der Waals surface area contributed by atoms with Gasteiger partial charge in [-0.1, -0.05) is 28.1 Å².